The molecule has 2 heterocycles. The number of furan rings is 2. The third-order valence-electron chi connectivity index (χ3n) is 10.6. The van der Waals surface area contributed by atoms with Gasteiger partial charge in [-0.1, -0.05) is 152 Å². The summed E-state index contributed by atoms with van der Waals surface area (Å²) >= 11 is 0. The van der Waals surface area contributed by atoms with Gasteiger partial charge in [0.05, 0.1) is 11.4 Å². The van der Waals surface area contributed by atoms with Crippen LogP contribution in [0.15, 0.2) is 197 Å². The molecular formula is C50H31NO2. The molecule has 9 aromatic carbocycles. The zero-order valence-electron chi connectivity index (χ0n) is 28.7. The van der Waals surface area contributed by atoms with Crippen molar-refractivity contribution >= 4 is 82.5 Å². The highest BCUT2D eigenvalue weighted by Crippen LogP contribution is 2.49. The average Bonchev–Trinajstić information content (AvgIpc) is 3.80. The third-order valence-corrected chi connectivity index (χ3v) is 10.6. The van der Waals surface area contributed by atoms with Gasteiger partial charge in [-0.25, -0.2) is 0 Å². The highest BCUT2D eigenvalue weighted by Gasteiger charge is 2.24. The molecule has 0 bridgehead atoms. The molecule has 0 unspecified atom stereocenters. The van der Waals surface area contributed by atoms with Crippen molar-refractivity contribution in [3.05, 3.63) is 188 Å². The topological polar surface area (TPSA) is 29.5 Å². The molecule has 0 radical (unpaired) electrons. The first-order valence-corrected chi connectivity index (χ1v) is 18.0. The monoisotopic (exact) mass is 677 g/mol. The van der Waals surface area contributed by atoms with Crippen LogP contribution in [0.5, 0.6) is 0 Å². The summed E-state index contributed by atoms with van der Waals surface area (Å²) in [5.74, 6) is 0. The molecule has 0 aliphatic rings. The number of rotatable bonds is 5. The van der Waals surface area contributed by atoms with Crippen LogP contribution >= 0.6 is 0 Å². The highest BCUT2D eigenvalue weighted by atomic mass is 16.3. The molecule has 0 saturated heterocycles. The maximum atomic E-state index is 6.81. The molecule has 3 nitrogen and oxygen atoms in total. The van der Waals surface area contributed by atoms with Gasteiger partial charge in [0.1, 0.15) is 22.3 Å². The van der Waals surface area contributed by atoms with Crippen LogP contribution < -0.4 is 4.90 Å². The normalized spacial score (nSPS) is 11.8. The number of para-hydroxylation sites is 2. The quantitative estimate of drug-likeness (QED) is 0.182. The highest BCUT2D eigenvalue weighted by molar-refractivity contribution is 6.28. The summed E-state index contributed by atoms with van der Waals surface area (Å²) in [4.78, 5) is 2.38. The summed E-state index contributed by atoms with van der Waals surface area (Å²) in [6.07, 6.45) is 0. The predicted octanol–water partition coefficient (Wildman–Crippen LogP) is 14.6. The Bertz CT molecular complexity index is 3170. The Hall–Kier alpha value is -7.10. The van der Waals surface area contributed by atoms with E-state index in [1.54, 1.807) is 0 Å². The molecule has 0 atom stereocenters. The molecule has 53 heavy (non-hydrogen) atoms. The van der Waals surface area contributed by atoms with Crippen molar-refractivity contribution in [1.82, 2.24) is 0 Å². The van der Waals surface area contributed by atoms with Gasteiger partial charge in [0.15, 0.2) is 0 Å². The summed E-state index contributed by atoms with van der Waals surface area (Å²) in [6, 6.07) is 66.5. The van der Waals surface area contributed by atoms with E-state index >= 15 is 0 Å². The van der Waals surface area contributed by atoms with Gasteiger partial charge in [-0.3, -0.25) is 0 Å². The largest absolute Gasteiger partial charge is 0.456 e. The summed E-state index contributed by atoms with van der Waals surface area (Å²) < 4.78 is 13.6. The van der Waals surface area contributed by atoms with E-state index in [1.165, 1.54) is 10.8 Å². The SMILES string of the molecule is c1ccc(-c2ccccc2N(c2ccc3c(c2)oc2c(-c4ccccc4)cccc23)c2cc3oc4ccc5ccccc5c4c3c3ccccc23)cc1. The first kappa shape index (κ1) is 29.6. The Morgan fingerprint density at radius 1 is 0.340 bits per heavy atom. The van der Waals surface area contributed by atoms with E-state index in [1.807, 2.05) is 6.07 Å². The lowest BCUT2D eigenvalue weighted by atomic mass is 9.97. The van der Waals surface area contributed by atoms with Crippen molar-refractivity contribution in [2.45, 2.75) is 0 Å². The van der Waals surface area contributed by atoms with Crippen molar-refractivity contribution in [3.8, 4) is 22.3 Å². The Kier molecular flexibility index (Phi) is 6.55. The summed E-state index contributed by atoms with van der Waals surface area (Å²) in [7, 11) is 0. The van der Waals surface area contributed by atoms with Crippen LogP contribution in [0.2, 0.25) is 0 Å². The van der Waals surface area contributed by atoms with Crippen LogP contribution in [0.3, 0.4) is 0 Å². The summed E-state index contributed by atoms with van der Waals surface area (Å²) in [6.45, 7) is 0. The van der Waals surface area contributed by atoms with Gasteiger partial charge in [0.2, 0.25) is 0 Å². The molecule has 0 aliphatic heterocycles. The van der Waals surface area contributed by atoms with E-state index in [4.69, 9.17) is 8.83 Å². The first-order valence-electron chi connectivity index (χ1n) is 18.0. The summed E-state index contributed by atoms with van der Waals surface area (Å²) in [5.41, 5.74) is 11.0. The van der Waals surface area contributed by atoms with E-state index in [2.05, 4.69) is 187 Å². The molecule has 0 aliphatic carbocycles. The standard InChI is InChI=1S/C50H31NO2/c1-3-14-32(15-4-1)36-19-11-12-25-43(36)51(35-27-28-40-42-24-13-23-38(33-16-5-2-6-17-33)50(42)53-46(40)30-35)44-31-47-49(41-22-10-9-21-39(41)44)48-37-20-8-7-18-34(37)26-29-45(48)52-47/h1-31H. The van der Waals surface area contributed by atoms with Gasteiger partial charge in [-0.05, 0) is 51.6 Å². The van der Waals surface area contributed by atoms with E-state index in [9.17, 15) is 0 Å². The lowest BCUT2D eigenvalue weighted by Gasteiger charge is -2.29. The van der Waals surface area contributed by atoms with Gasteiger partial charge < -0.3 is 13.7 Å². The lowest BCUT2D eigenvalue weighted by Crippen LogP contribution is -2.11. The molecule has 0 spiro atoms. The molecule has 3 heteroatoms. The van der Waals surface area contributed by atoms with Crippen LogP contribution in [0, 0.1) is 0 Å². The molecule has 11 aromatic rings. The zero-order chi connectivity index (χ0) is 34.9. The molecule has 0 amide bonds. The van der Waals surface area contributed by atoms with Gasteiger partial charge in [-0.15, -0.1) is 0 Å². The van der Waals surface area contributed by atoms with E-state index in [-0.39, 0.29) is 0 Å². The Balaban J connectivity index is 1.21. The molecular weight excluding hydrogens is 647 g/mol. The summed E-state index contributed by atoms with van der Waals surface area (Å²) in [5, 5.41) is 9.14. The van der Waals surface area contributed by atoms with Crippen LogP contribution in [0.4, 0.5) is 17.1 Å². The van der Waals surface area contributed by atoms with Gasteiger partial charge in [-0.2, -0.15) is 0 Å². The van der Waals surface area contributed by atoms with Crippen LogP contribution in [0.25, 0.3) is 87.7 Å². The number of hydrogen-bond donors (Lipinski definition) is 0. The number of hydrogen-bond acceptors (Lipinski definition) is 3. The number of anilines is 3. The van der Waals surface area contributed by atoms with Crippen molar-refractivity contribution in [2.75, 3.05) is 4.90 Å². The molecule has 2 aromatic heterocycles. The minimum Gasteiger partial charge on any atom is -0.456 e. The zero-order valence-corrected chi connectivity index (χ0v) is 28.7. The maximum Gasteiger partial charge on any atom is 0.143 e. The Morgan fingerprint density at radius 2 is 0.981 bits per heavy atom. The van der Waals surface area contributed by atoms with Crippen LogP contribution in [-0.4, -0.2) is 0 Å². The second-order valence-corrected chi connectivity index (χ2v) is 13.6. The minimum absolute atomic E-state index is 0.837. The number of fused-ring (bicyclic) bond motifs is 10. The number of nitrogens with zero attached hydrogens (tertiary/aromatic N) is 1. The second-order valence-electron chi connectivity index (χ2n) is 13.6. The van der Waals surface area contributed by atoms with Crippen molar-refractivity contribution in [3.63, 3.8) is 0 Å². The smallest absolute Gasteiger partial charge is 0.143 e. The number of benzene rings is 9. The molecule has 0 N–H and O–H groups in total. The molecule has 11 rings (SSSR count). The second kappa shape index (κ2) is 11.7. The minimum atomic E-state index is 0.837. The van der Waals surface area contributed by atoms with Gasteiger partial charge >= 0.3 is 0 Å². The van der Waals surface area contributed by atoms with Gasteiger partial charge in [0, 0.05) is 55.9 Å². The first-order chi connectivity index (χ1) is 26.3. The fraction of sp³-hybridized carbons (Fsp3) is 0. The van der Waals surface area contributed by atoms with Crippen molar-refractivity contribution < 1.29 is 8.83 Å². The fourth-order valence-corrected chi connectivity index (χ4v) is 8.28. The van der Waals surface area contributed by atoms with E-state index in [0.29, 0.717) is 0 Å². The fourth-order valence-electron chi connectivity index (χ4n) is 8.28. The van der Waals surface area contributed by atoms with Crippen molar-refractivity contribution in [1.29, 1.82) is 0 Å². The molecule has 248 valence electrons. The maximum absolute atomic E-state index is 6.81. The lowest BCUT2D eigenvalue weighted by molar-refractivity contribution is 0.669. The van der Waals surface area contributed by atoms with Crippen LogP contribution in [0.1, 0.15) is 0 Å². The van der Waals surface area contributed by atoms with E-state index < -0.39 is 0 Å². The van der Waals surface area contributed by atoms with Crippen LogP contribution in [-0.2, 0) is 0 Å². The Labute approximate surface area is 305 Å². The average molecular weight is 678 g/mol. The predicted molar refractivity (Wildman–Crippen MR) is 222 cm³/mol. The molecule has 0 saturated carbocycles. The van der Waals surface area contributed by atoms with E-state index in [0.717, 1.165) is 94.0 Å². The van der Waals surface area contributed by atoms with Crippen molar-refractivity contribution in [2.24, 2.45) is 0 Å². The third kappa shape index (κ3) is 4.61. The molecule has 0 fully saturated rings. The van der Waals surface area contributed by atoms with Gasteiger partial charge in [0.25, 0.3) is 0 Å². The Morgan fingerprint density at radius 3 is 1.81 bits per heavy atom.